The fourth-order valence-electron chi connectivity index (χ4n) is 1.12. The molecular weight excluding hydrogens is 250 g/mol. The zero-order valence-corrected chi connectivity index (χ0v) is 9.47. The van der Waals surface area contributed by atoms with Gasteiger partial charge < -0.3 is 20.4 Å². The van der Waals surface area contributed by atoms with E-state index in [9.17, 15) is 18.4 Å². The number of halogens is 2. The Morgan fingerprint density at radius 2 is 2.06 bits per heavy atom. The first-order valence-electron chi connectivity index (χ1n) is 5.03. The number of carboxylic acids is 1. The number of carbonyl (C=O) groups is 2. The van der Waals surface area contributed by atoms with Crippen molar-refractivity contribution in [2.75, 3.05) is 19.7 Å². The van der Waals surface area contributed by atoms with Gasteiger partial charge in [0.1, 0.15) is 6.04 Å². The molecule has 0 aromatic carbocycles. The minimum Gasteiger partial charge on any atom is -0.480 e. The lowest BCUT2D eigenvalue weighted by Gasteiger charge is -2.23. The summed E-state index contributed by atoms with van der Waals surface area (Å²) in [5, 5.41) is 19.4. The maximum absolute atomic E-state index is 12.2. The standard InChI is InChI=1S/C10H14F2N2O4/c1-2-3-7(9(16)17)13-10(18)14(4-5-15)6-8(11)12/h1,7-8,15H,3-6H2,(H,13,18)(H,16,17). The molecule has 8 heteroatoms. The predicted octanol–water partition coefficient (Wildman–Crippen LogP) is -0.268. The van der Waals surface area contributed by atoms with E-state index in [0.717, 1.165) is 0 Å². The van der Waals surface area contributed by atoms with Crippen LogP contribution in [0, 0.1) is 12.3 Å². The predicted molar refractivity (Wildman–Crippen MR) is 58.1 cm³/mol. The maximum atomic E-state index is 12.2. The average molecular weight is 264 g/mol. The van der Waals surface area contributed by atoms with Gasteiger partial charge >= 0.3 is 12.0 Å². The van der Waals surface area contributed by atoms with Crippen LogP contribution in [-0.2, 0) is 4.79 Å². The summed E-state index contributed by atoms with van der Waals surface area (Å²) in [4.78, 5) is 22.8. The van der Waals surface area contributed by atoms with Gasteiger partial charge in [0, 0.05) is 13.0 Å². The Kier molecular flexibility index (Phi) is 7.38. The molecule has 0 rings (SSSR count). The van der Waals surface area contributed by atoms with Crippen molar-refractivity contribution < 1.29 is 28.6 Å². The largest absolute Gasteiger partial charge is 0.480 e. The summed E-state index contributed by atoms with van der Waals surface area (Å²) in [5.41, 5.74) is 0. The summed E-state index contributed by atoms with van der Waals surface area (Å²) in [6.45, 7) is -1.72. The summed E-state index contributed by atoms with van der Waals surface area (Å²) in [5.74, 6) is 0.696. The topological polar surface area (TPSA) is 89.9 Å². The second kappa shape index (κ2) is 8.25. The van der Waals surface area contributed by atoms with Gasteiger partial charge in [-0.3, -0.25) is 0 Å². The number of amides is 2. The number of nitrogens with zero attached hydrogens (tertiary/aromatic N) is 1. The normalized spacial score (nSPS) is 11.7. The first kappa shape index (κ1) is 16.1. The van der Waals surface area contributed by atoms with Gasteiger partial charge in [0.15, 0.2) is 0 Å². The van der Waals surface area contributed by atoms with Gasteiger partial charge in [-0.2, -0.15) is 0 Å². The van der Waals surface area contributed by atoms with Crippen LogP contribution in [0.15, 0.2) is 0 Å². The highest BCUT2D eigenvalue weighted by Gasteiger charge is 2.23. The number of hydrogen-bond donors (Lipinski definition) is 3. The molecule has 0 saturated carbocycles. The van der Waals surface area contributed by atoms with E-state index in [4.69, 9.17) is 16.6 Å². The van der Waals surface area contributed by atoms with Crippen LogP contribution in [0.25, 0.3) is 0 Å². The van der Waals surface area contributed by atoms with E-state index in [0.29, 0.717) is 4.90 Å². The van der Waals surface area contributed by atoms with Crippen LogP contribution in [0.1, 0.15) is 6.42 Å². The van der Waals surface area contributed by atoms with Gasteiger partial charge in [-0.05, 0) is 0 Å². The molecule has 0 radical (unpaired) electrons. The second-order valence-corrected chi connectivity index (χ2v) is 3.31. The van der Waals surface area contributed by atoms with E-state index in [2.05, 4.69) is 5.92 Å². The number of aliphatic hydroxyl groups is 1. The molecular formula is C10H14F2N2O4. The van der Waals surface area contributed by atoms with Gasteiger partial charge in [0.25, 0.3) is 6.43 Å². The average Bonchev–Trinajstić information content (AvgIpc) is 2.27. The van der Waals surface area contributed by atoms with Gasteiger partial charge in [-0.15, -0.1) is 12.3 Å². The Labute approximate surface area is 103 Å². The number of carbonyl (C=O) groups excluding carboxylic acids is 1. The summed E-state index contributed by atoms with van der Waals surface area (Å²) < 4.78 is 24.3. The Balaban J connectivity index is 4.56. The van der Waals surface area contributed by atoms with Crippen molar-refractivity contribution in [2.45, 2.75) is 18.9 Å². The fourth-order valence-corrected chi connectivity index (χ4v) is 1.12. The minimum absolute atomic E-state index is 0.261. The molecule has 6 nitrogen and oxygen atoms in total. The Morgan fingerprint density at radius 3 is 2.44 bits per heavy atom. The number of carboxylic acid groups (broad SMARTS) is 1. The molecule has 3 N–H and O–H groups in total. The SMILES string of the molecule is C#CCC(NC(=O)N(CCO)CC(F)F)C(=O)O. The zero-order valence-electron chi connectivity index (χ0n) is 9.47. The van der Waals surface area contributed by atoms with Crippen LogP contribution in [0.5, 0.6) is 0 Å². The highest BCUT2D eigenvalue weighted by molar-refractivity contribution is 5.82. The molecule has 0 aliphatic rings. The lowest BCUT2D eigenvalue weighted by atomic mass is 10.2. The molecule has 0 fully saturated rings. The number of urea groups is 1. The van der Waals surface area contributed by atoms with Gasteiger partial charge in [0.2, 0.25) is 0 Å². The van der Waals surface area contributed by atoms with Crippen molar-refractivity contribution in [1.82, 2.24) is 10.2 Å². The molecule has 102 valence electrons. The minimum atomic E-state index is -2.78. The highest BCUT2D eigenvalue weighted by Crippen LogP contribution is 2.00. The number of aliphatic carboxylic acids is 1. The Bertz CT molecular complexity index is 330. The number of hydrogen-bond acceptors (Lipinski definition) is 3. The molecule has 0 aliphatic carbocycles. The third-order valence-electron chi connectivity index (χ3n) is 1.93. The first-order valence-corrected chi connectivity index (χ1v) is 5.03. The van der Waals surface area contributed by atoms with Crippen molar-refractivity contribution in [3.05, 3.63) is 0 Å². The summed E-state index contributed by atoms with van der Waals surface area (Å²) in [7, 11) is 0. The number of nitrogens with one attached hydrogen (secondary N) is 1. The van der Waals surface area contributed by atoms with Gasteiger partial charge in [-0.1, -0.05) is 0 Å². The third kappa shape index (κ3) is 6.00. The van der Waals surface area contributed by atoms with Crippen LogP contribution in [0.3, 0.4) is 0 Å². The van der Waals surface area contributed by atoms with Gasteiger partial charge in [0.05, 0.1) is 13.2 Å². The van der Waals surface area contributed by atoms with Crippen molar-refractivity contribution in [1.29, 1.82) is 0 Å². The molecule has 0 bridgehead atoms. The Morgan fingerprint density at radius 1 is 1.44 bits per heavy atom. The van der Waals surface area contributed by atoms with E-state index in [1.807, 2.05) is 5.32 Å². The molecule has 0 saturated heterocycles. The molecule has 1 atom stereocenters. The maximum Gasteiger partial charge on any atom is 0.327 e. The fraction of sp³-hybridized carbons (Fsp3) is 0.600. The van der Waals surface area contributed by atoms with Crippen molar-refractivity contribution >= 4 is 12.0 Å². The van der Waals surface area contributed by atoms with E-state index in [1.54, 1.807) is 0 Å². The number of rotatable bonds is 7. The zero-order chi connectivity index (χ0) is 14.1. The number of terminal acetylenes is 1. The summed E-state index contributed by atoms with van der Waals surface area (Å²) >= 11 is 0. The molecule has 18 heavy (non-hydrogen) atoms. The van der Waals surface area contributed by atoms with Crippen molar-refractivity contribution in [3.8, 4) is 12.3 Å². The van der Waals surface area contributed by atoms with Crippen LogP contribution in [-0.4, -0.2) is 59.3 Å². The molecule has 2 amide bonds. The molecule has 0 heterocycles. The van der Waals surface area contributed by atoms with Crippen molar-refractivity contribution in [3.63, 3.8) is 0 Å². The quantitative estimate of drug-likeness (QED) is 0.552. The number of alkyl halides is 2. The smallest absolute Gasteiger partial charge is 0.327 e. The molecule has 1 unspecified atom stereocenters. The Hall–Kier alpha value is -1.88. The first-order chi connectivity index (χ1) is 8.42. The van der Waals surface area contributed by atoms with Crippen LogP contribution in [0.4, 0.5) is 13.6 Å². The molecule has 0 aromatic heterocycles. The lowest BCUT2D eigenvalue weighted by molar-refractivity contribution is -0.139. The van der Waals surface area contributed by atoms with Crippen LogP contribution in [0.2, 0.25) is 0 Å². The molecule has 0 aliphatic heterocycles. The van der Waals surface area contributed by atoms with Crippen LogP contribution >= 0.6 is 0 Å². The molecule has 0 spiro atoms. The van der Waals surface area contributed by atoms with Gasteiger partial charge in [-0.25, -0.2) is 18.4 Å². The molecule has 0 aromatic rings. The van der Waals surface area contributed by atoms with Crippen LogP contribution < -0.4 is 5.32 Å². The lowest BCUT2D eigenvalue weighted by Crippen LogP contribution is -2.49. The van der Waals surface area contributed by atoms with Crippen molar-refractivity contribution in [2.24, 2.45) is 0 Å². The van der Waals surface area contributed by atoms with E-state index >= 15 is 0 Å². The van der Waals surface area contributed by atoms with E-state index in [-0.39, 0.29) is 13.0 Å². The summed E-state index contributed by atoms with van der Waals surface area (Å²) in [6, 6.07) is -2.35. The second-order valence-electron chi connectivity index (χ2n) is 3.31. The van der Waals surface area contributed by atoms with E-state index < -0.39 is 37.6 Å². The highest BCUT2D eigenvalue weighted by atomic mass is 19.3. The number of aliphatic hydroxyl groups excluding tert-OH is 1. The third-order valence-corrected chi connectivity index (χ3v) is 1.93. The summed E-state index contributed by atoms with van der Waals surface area (Å²) in [6.07, 6.45) is 1.88. The van der Waals surface area contributed by atoms with E-state index in [1.165, 1.54) is 0 Å². The monoisotopic (exact) mass is 264 g/mol.